The monoisotopic (exact) mass is 453 g/mol. The molecular formula is C23H24FN5O4. The molecule has 0 atom stereocenters. The Morgan fingerprint density at radius 3 is 2.45 bits per heavy atom. The van der Waals surface area contributed by atoms with Gasteiger partial charge in [0.1, 0.15) is 11.5 Å². The molecular weight excluding hydrogens is 429 g/mol. The quantitative estimate of drug-likeness (QED) is 0.564. The summed E-state index contributed by atoms with van der Waals surface area (Å²) in [5.41, 5.74) is -1.61. The van der Waals surface area contributed by atoms with Crippen LogP contribution in [0.4, 0.5) is 4.39 Å². The molecule has 1 aliphatic heterocycles. The van der Waals surface area contributed by atoms with Crippen LogP contribution in [0.15, 0.2) is 64.2 Å². The molecule has 10 heteroatoms. The van der Waals surface area contributed by atoms with Gasteiger partial charge in [-0.3, -0.25) is 19.1 Å². The highest BCUT2D eigenvalue weighted by Crippen LogP contribution is 2.09. The maximum atomic E-state index is 14.5. The van der Waals surface area contributed by atoms with E-state index in [9.17, 15) is 18.8 Å². The third-order valence-electron chi connectivity index (χ3n) is 5.36. The van der Waals surface area contributed by atoms with E-state index in [0.29, 0.717) is 25.3 Å². The zero-order chi connectivity index (χ0) is 23.2. The van der Waals surface area contributed by atoms with Gasteiger partial charge < -0.3 is 10.1 Å². The summed E-state index contributed by atoms with van der Waals surface area (Å²) < 4.78 is 21.4. The fraction of sp³-hybridized carbons (Fsp3) is 0.304. The van der Waals surface area contributed by atoms with Crippen LogP contribution in [0.1, 0.15) is 16.1 Å². The number of morpholine rings is 1. The number of benzene rings is 2. The maximum absolute atomic E-state index is 14.5. The average Bonchev–Trinajstić information content (AvgIpc) is 2.84. The number of para-hydroxylation sites is 1. The average molecular weight is 453 g/mol. The summed E-state index contributed by atoms with van der Waals surface area (Å²) in [5, 5.41) is 6.64. The summed E-state index contributed by atoms with van der Waals surface area (Å²) in [6.45, 7) is 3.58. The third-order valence-corrected chi connectivity index (χ3v) is 5.36. The first-order valence-corrected chi connectivity index (χ1v) is 10.7. The molecule has 0 unspecified atom stereocenters. The van der Waals surface area contributed by atoms with Crippen molar-refractivity contribution in [3.63, 3.8) is 0 Å². The smallest absolute Gasteiger partial charge is 0.352 e. The van der Waals surface area contributed by atoms with Crippen molar-refractivity contribution in [1.29, 1.82) is 0 Å². The third kappa shape index (κ3) is 5.24. The minimum Gasteiger partial charge on any atom is -0.379 e. The van der Waals surface area contributed by atoms with Gasteiger partial charge >= 0.3 is 5.69 Å². The normalized spacial score (nSPS) is 14.2. The van der Waals surface area contributed by atoms with Crippen molar-refractivity contribution >= 4 is 5.91 Å². The second-order valence-corrected chi connectivity index (χ2v) is 7.58. The van der Waals surface area contributed by atoms with Crippen LogP contribution >= 0.6 is 0 Å². The van der Waals surface area contributed by atoms with Gasteiger partial charge in [0.15, 0.2) is 0 Å². The van der Waals surface area contributed by atoms with Crippen LogP contribution in [0.5, 0.6) is 0 Å². The highest BCUT2D eigenvalue weighted by atomic mass is 19.1. The highest BCUT2D eigenvalue weighted by Gasteiger charge is 2.22. The lowest BCUT2D eigenvalue weighted by molar-refractivity contribution is 0.0383. The minimum absolute atomic E-state index is 0.0798. The zero-order valence-electron chi connectivity index (χ0n) is 17.9. The molecule has 2 heterocycles. The molecule has 1 aliphatic rings. The molecule has 9 nitrogen and oxygen atoms in total. The standard InChI is InChI=1S/C23H24FN5O4/c24-18-8-4-5-9-19(18)29-23(32)28(16-17-6-2-1-3-7-17)22(31)20(26-29)21(30)25-10-11-27-12-14-33-15-13-27/h1-9H,10-16H2,(H,25,30). The fourth-order valence-corrected chi connectivity index (χ4v) is 3.58. The van der Waals surface area contributed by atoms with Crippen LogP contribution in [0.25, 0.3) is 5.69 Å². The van der Waals surface area contributed by atoms with Gasteiger partial charge in [-0.15, -0.1) is 0 Å². The van der Waals surface area contributed by atoms with Crippen molar-refractivity contribution in [2.24, 2.45) is 0 Å². The van der Waals surface area contributed by atoms with Crippen LogP contribution in [0.2, 0.25) is 0 Å². The topological polar surface area (TPSA) is 98.5 Å². The molecule has 1 amide bonds. The van der Waals surface area contributed by atoms with Crippen molar-refractivity contribution < 1.29 is 13.9 Å². The number of aromatic nitrogens is 3. The number of halogens is 1. The molecule has 1 fully saturated rings. The Hall–Kier alpha value is -3.63. The Labute approximate surface area is 189 Å². The van der Waals surface area contributed by atoms with E-state index in [1.165, 1.54) is 18.2 Å². The molecule has 33 heavy (non-hydrogen) atoms. The Morgan fingerprint density at radius 2 is 1.73 bits per heavy atom. The van der Waals surface area contributed by atoms with Gasteiger partial charge in [0, 0.05) is 26.2 Å². The molecule has 2 aromatic carbocycles. The van der Waals surface area contributed by atoms with Gasteiger partial charge in [-0.1, -0.05) is 42.5 Å². The lowest BCUT2D eigenvalue weighted by Crippen LogP contribution is -2.47. The van der Waals surface area contributed by atoms with E-state index in [-0.39, 0.29) is 18.8 Å². The number of amides is 1. The first-order chi connectivity index (χ1) is 16.0. The highest BCUT2D eigenvalue weighted by molar-refractivity contribution is 5.91. The van der Waals surface area contributed by atoms with Crippen molar-refractivity contribution in [2.75, 3.05) is 39.4 Å². The second kappa shape index (κ2) is 10.3. The van der Waals surface area contributed by atoms with E-state index < -0.39 is 28.7 Å². The summed E-state index contributed by atoms with van der Waals surface area (Å²) in [7, 11) is 0. The number of carbonyl (C=O) groups excluding carboxylic acids is 1. The van der Waals surface area contributed by atoms with E-state index >= 15 is 0 Å². The lowest BCUT2D eigenvalue weighted by atomic mass is 10.2. The van der Waals surface area contributed by atoms with Gasteiger partial charge in [0.2, 0.25) is 5.69 Å². The number of nitrogens with one attached hydrogen (secondary N) is 1. The number of carbonyl (C=O) groups is 1. The molecule has 172 valence electrons. The Balaban J connectivity index is 1.68. The molecule has 1 N–H and O–H groups in total. The molecule has 0 saturated carbocycles. The number of ether oxygens (including phenoxy) is 1. The van der Waals surface area contributed by atoms with E-state index in [1.54, 1.807) is 30.3 Å². The first kappa shape index (κ1) is 22.6. The predicted octanol–water partition coefficient (Wildman–Crippen LogP) is 0.644. The summed E-state index contributed by atoms with van der Waals surface area (Å²) in [6, 6.07) is 14.4. The second-order valence-electron chi connectivity index (χ2n) is 7.58. The summed E-state index contributed by atoms with van der Waals surface area (Å²) in [4.78, 5) is 41.1. The zero-order valence-corrected chi connectivity index (χ0v) is 17.9. The van der Waals surface area contributed by atoms with Gasteiger partial charge in [0.05, 0.1) is 19.8 Å². The van der Waals surface area contributed by atoms with E-state index in [1.807, 2.05) is 6.07 Å². The molecule has 1 aromatic heterocycles. The number of hydrogen-bond donors (Lipinski definition) is 1. The molecule has 0 radical (unpaired) electrons. The Kier molecular flexibility index (Phi) is 7.06. The summed E-state index contributed by atoms with van der Waals surface area (Å²) in [5.74, 6) is -1.42. The largest absolute Gasteiger partial charge is 0.379 e. The van der Waals surface area contributed by atoms with Crippen molar-refractivity contribution in [3.05, 3.63) is 92.5 Å². The van der Waals surface area contributed by atoms with E-state index in [4.69, 9.17) is 4.74 Å². The van der Waals surface area contributed by atoms with Crippen molar-refractivity contribution in [1.82, 2.24) is 24.6 Å². The molecule has 3 aromatic rings. The van der Waals surface area contributed by atoms with E-state index in [0.717, 1.165) is 22.3 Å². The maximum Gasteiger partial charge on any atom is 0.352 e. The Bertz CT molecular complexity index is 1240. The molecule has 0 aliphatic carbocycles. The summed E-state index contributed by atoms with van der Waals surface area (Å²) in [6.07, 6.45) is 0. The van der Waals surface area contributed by atoms with Crippen molar-refractivity contribution in [2.45, 2.75) is 6.54 Å². The summed E-state index contributed by atoms with van der Waals surface area (Å²) >= 11 is 0. The van der Waals surface area contributed by atoms with Gasteiger partial charge in [-0.25, -0.2) is 9.18 Å². The Morgan fingerprint density at radius 1 is 1.03 bits per heavy atom. The van der Waals surface area contributed by atoms with Gasteiger partial charge in [-0.05, 0) is 17.7 Å². The van der Waals surface area contributed by atoms with Crippen LogP contribution in [-0.2, 0) is 11.3 Å². The predicted molar refractivity (Wildman–Crippen MR) is 119 cm³/mol. The molecule has 4 rings (SSSR count). The van der Waals surface area contributed by atoms with Gasteiger partial charge in [-0.2, -0.15) is 9.78 Å². The molecule has 0 spiro atoms. The number of nitrogens with zero attached hydrogens (tertiary/aromatic N) is 4. The molecule has 0 bridgehead atoms. The van der Waals surface area contributed by atoms with Crippen LogP contribution in [-0.4, -0.2) is 64.5 Å². The molecule has 1 saturated heterocycles. The van der Waals surface area contributed by atoms with Crippen LogP contribution < -0.4 is 16.6 Å². The number of rotatable bonds is 7. The lowest BCUT2D eigenvalue weighted by Gasteiger charge is -2.26. The van der Waals surface area contributed by atoms with Crippen molar-refractivity contribution in [3.8, 4) is 5.69 Å². The minimum atomic E-state index is -0.834. The van der Waals surface area contributed by atoms with Crippen LogP contribution in [0, 0.1) is 5.82 Å². The fourth-order valence-electron chi connectivity index (χ4n) is 3.58. The van der Waals surface area contributed by atoms with Crippen LogP contribution in [0.3, 0.4) is 0 Å². The number of hydrogen-bond acceptors (Lipinski definition) is 6. The first-order valence-electron chi connectivity index (χ1n) is 10.7. The SMILES string of the molecule is O=C(NCCN1CCOCC1)c1nn(-c2ccccc2F)c(=O)n(Cc2ccccc2)c1=O. The van der Waals surface area contributed by atoms with E-state index in [2.05, 4.69) is 15.3 Å². The van der Waals surface area contributed by atoms with Gasteiger partial charge in [0.25, 0.3) is 11.5 Å².